The van der Waals surface area contributed by atoms with Gasteiger partial charge in [0.2, 0.25) is 0 Å². The number of H-pyrrole nitrogens is 1. The van der Waals surface area contributed by atoms with Crippen molar-refractivity contribution >= 4 is 23.1 Å². The lowest BCUT2D eigenvalue weighted by atomic mass is 10.1. The molecule has 1 amide bonds. The van der Waals surface area contributed by atoms with Gasteiger partial charge in [0.1, 0.15) is 17.4 Å². The summed E-state index contributed by atoms with van der Waals surface area (Å²) in [6, 6.07) is 20.2. The van der Waals surface area contributed by atoms with Crippen molar-refractivity contribution in [1.82, 2.24) is 24.4 Å². The highest BCUT2D eigenvalue weighted by molar-refractivity contribution is 5.83. The molecule has 3 heterocycles. The lowest BCUT2D eigenvalue weighted by Gasteiger charge is -2.25. The van der Waals surface area contributed by atoms with Crippen LogP contribution in [0.1, 0.15) is 44.4 Å². The predicted octanol–water partition coefficient (Wildman–Crippen LogP) is 4.51. The zero-order chi connectivity index (χ0) is 26.0. The summed E-state index contributed by atoms with van der Waals surface area (Å²) in [5, 5.41) is 0. The summed E-state index contributed by atoms with van der Waals surface area (Å²) in [5.74, 6) is 0.663. The highest BCUT2D eigenvalue weighted by atomic mass is 16.6. The maximum absolute atomic E-state index is 13.2. The van der Waals surface area contributed by atoms with Crippen molar-refractivity contribution in [1.29, 1.82) is 0 Å². The van der Waals surface area contributed by atoms with Gasteiger partial charge in [-0.3, -0.25) is 4.57 Å². The van der Waals surface area contributed by atoms with E-state index in [0.29, 0.717) is 49.6 Å². The third-order valence-electron chi connectivity index (χ3n) is 6.40. The first kappa shape index (κ1) is 24.5. The molecule has 0 unspecified atom stereocenters. The smallest absolute Gasteiger partial charge is 0.410 e. The molecule has 9 nitrogen and oxygen atoms in total. The predicted molar refractivity (Wildman–Crippen MR) is 142 cm³/mol. The zero-order valence-electron chi connectivity index (χ0n) is 21.4. The van der Waals surface area contributed by atoms with Crippen molar-refractivity contribution < 1.29 is 9.53 Å². The number of anilines is 1. The molecular formula is C28H32N6O3. The van der Waals surface area contributed by atoms with Gasteiger partial charge >= 0.3 is 11.8 Å². The van der Waals surface area contributed by atoms with Crippen molar-refractivity contribution in [3.05, 3.63) is 88.6 Å². The van der Waals surface area contributed by atoms with Gasteiger partial charge in [0.15, 0.2) is 11.5 Å². The summed E-state index contributed by atoms with van der Waals surface area (Å²) < 4.78 is 7.19. The average molecular weight is 501 g/mol. The molecule has 1 fully saturated rings. The van der Waals surface area contributed by atoms with Crippen LogP contribution in [0.2, 0.25) is 0 Å². The number of carbonyl (C=O) groups is 1. The summed E-state index contributed by atoms with van der Waals surface area (Å²) >= 11 is 0. The summed E-state index contributed by atoms with van der Waals surface area (Å²) in [4.78, 5) is 41.7. The van der Waals surface area contributed by atoms with E-state index in [1.165, 1.54) is 6.33 Å². The highest BCUT2D eigenvalue weighted by Crippen LogP contribution is 2.29. The molecule has 2 aromatic carbocycles. The Kier molecular flexibility index (Phi) is 6.69. The molecule has 0 bridgehead atoms. The molecule has 0 spiro atoms. The van der Waals surface area contributed by atoms with Crippen molar-refractivity contribution in [2.45, 2.75) is 51.9 Å². The van der Waals surface area contributed by atoms with Gasteiger partial charge < -0.3 is 19.5 Å². The molecule has 0 saturated carbocycles. The number of likely N-dealkylation sites (tertiary alicyclic amines) is 1. The van der Waals surface area contributed by atoms with Gasteiger partial charge in [-0.2, -0.15) is 0 Å². The Hall–Kier alpha value is -4.14. The Morgan fingerprint density at radius 2 is 1.65 bits per heavy atom. The van der Waals surface area contributed by atoms with E-state index in [-0.39, 0.29) is 17.8 Å². The first-order valence-corrected chi connectivity index (χ1v) is 12.5. The Morgan fingerprint density at radius 3 is 2.24 bits per heavy atom. The third kappa shape index (κ3) is 5.50. The van der Waals surface area contributed by atoms with Gasteiger partial charge in [-0.25, -0.2) is 19.6 Å². The fraction of sp³-hybridized carbons (Fsp3) is 0.357. The van der Waals surface area contributed by atoms with Gasteiger partial charge in [0, 0.05) is 26.2 Å². The highest BCUT2D eigenvalue weighted by Gasteiger charge is 2.33. The number of aromatic amines is 1. The third-order valence-corrected chi connectivity index (χ3v) is 6.40. The summed E-state index contributed by atoms with van der Waals surface area (Å²) in [6.07, 6.45) is 1.78. The second-order valence-corrected chi connectivity index (χ2v) is 10.4. The number of imidazole rings is 1. The fourth-order valence-corrected chi connectivity index (χ4v) is 4.76. The van der Waals surface area contributed by atoms with E-state index in [2.05, 4.69) is 44.1 Å². The normalized spacial score (nSPS) is 15.8. The lowest BCUT2D eigenvalue weighted by Crippen LogP contribution is -2.36. The molecule has 1 atom stereocenters. The van der Waals surface area contributed by atoms with Gasteiger partial charge in [0.05, 0.1) is 6.04 Å². The van der Waals surface area contributed by atoms with Crippen molar-refractivity contribution in [2.75, 3.05) is 18.0 Å². The molecular weight excluding hydrogens is 468 g/mol. The monoisotopic (exact) mass is 500 g/mol. The molecule has 1 aliphatic heterocycles. The minimum atomic E-state index is -0.574. The molecule has 4 aromatic rings. The van der Waals surface area contributed by atoms with Crippen LogP contribution < -0.4 is 10.6 Å². The van der Waals surface area contributed by atoms with Crippen LogP contribution in [-0.4, -0.2) is 49.2 Å². The van der Waals surface area contributed by atoms with Crippen molar-refractivity contribution in [3.63, 3.8) is 0 Å². The van der Waals surface area contributed by atoms with E-state index in [1.807, 2.05) is 57.2 Å². The molecule has 0 radical (unpaired) electrons. The number of carbonyl (C=O) groups excluding carboxylic acids is 1. The van der Waals surface area contributed by atoms with E-state index >= 15 is 0 Å². The number of aromatic nitrogens is 4. The maximum Gasteiger partial charge on any atom is 0.410 e. The topological polar surface area (TPSA) is 96.3 Å². The second-order valence-electron chi connectivity index (χ2n) is 10.4. The van der Waals surface area contributed by atoms with E-state index < -0.39 is 5.60 Å². The SMILES string of the molecule is CC(C)(C)OC(=O)N1CC[C@@H](n2c(=O)[nH]c3c(N(Cc4ccccc4)Cc4ccccc4)ncnc32)C1. The van der Waals surface area contributed by atoms with E-state index in [1.54, 1.807) is 9.47 Å². The molecule has 1 saturated heterocycles. The Balaban J connectivity index is 1.48. The Morgan fingerprint density at radius 1 is 1.03 bits per heavy atom. The number of nitrogens with one attached hydrogen (secondary N) is 1. The van der Waals surface area contributed by atoms with Crippen LogP contribution >= 0.6 is 0 Å². The summed E-state index contributed by atoms with van der Waals surface area (Å²) in [6.45, 7) is 7.67. The zero-order valence-corrected chi connectivity index (χ0v) is 21.4. The number of fused-ring (bicyclic) bond motifs is 1. The number of amides is 1. The minimum Gasteiger partial charge on any atom is -0.444 e. The molecule has 0 aliphatic carbocycles. The molecule has 37 heavy (non-hydrogen) atoms. The van der Waals surface area contributed by atoms with Gasteiger partial charge in [-0.05, 0) is 38.3 Å². The Bertz CT molecular complexity index is 1380. The fourth-order valence-electron chi connectivity index (χ4n) is 4.76. The van der Waals surface area contributed by atoms with Gasteiger partial charge in [-0.1, -0.05) is 60.7 Å². The lowest BCUT2D eigenvalue weighted by molar-refractivity contribution is 0.0289. The van der Waals surface area contributed by atoms with Crippen LogP contribution in [-0.2, 0) is 17.8 Å². The van der Waals surface area contributed by atoms with Crippen LogP contribution in [0.25, 0.3) is 11.2 Å². The van der Waals surface area contributed by atoms with E-state index in [0.717, 1.165) is 11.1 Å². The standard InChI is InChI=1S/C28H32N6O3/c1-28(2,3)37-27(36)32-15-14-22(18-32)34-25-23(31-26(34)35)24(29-19-30-25)33(16-20-10-6-4-7-11-20)17-21-12-8-5-9-13-21/h4-13,19,22H,14-18H2,1-3H3,(H,31,35)/t22-/m1/s1. The molecule has 1 aliphatic rings. The van der Waals surface area contributed by atoms with Crippen LogP contribution in [0.5, 0.6) is 0 Å². The number of hydrogen-bond donors (Lipinski definition) is 1. The van der Waals surface area contributed by atoms with Gasteiger partial charge in [-0.15, -0.1) is 0 Å². The maximum atomic E-state index is 13.2. The van der Waals surface area contributed by atoms with E-state index in [9.17, 15) is 9.59 Å². The van der Waals surface area contributed by atoms with E-state index in [4.69, 9.17) is 4.74 Å². The summed E-state index contributed by atoms with van der Waals surface area (Å²) in [5.41, 5.74) is 2.57. The van der Waals surface area contributed by atoms with Crippen LogP contribution in [0.4, 0.5) is 10.6 Å². The quantitative estimate of drug-likeness (QED) is 0.419. The molecule has 1 N–H and O–H groups in total. The molecule has 9 heteroatoms. The minimum absolute atomic E-state index is 0.201. The molecule has 2 aromatic heterocycles. The summed E-state index contributed by atoms with van der Waals surface area (Å²) in [7, 11) is 0. The number of benzene rings is 2. The Labute approximate surface area is 215 Å². The number of ether oxygens (including phenoxy) is 1. The first-order chi connectivity index (χ1) is 17.8. The van der Waals surface area contributed by atoms with Gasteiger partial charge in [0.25, 0.3) is 0 Å². The van der Waals surface area contributed by atoms with Crippen LogP contribution in [0.15, 0.2) is 71.8 Å². The van der Waals surface area contributed by atoms with Crippen LogP contribution in [0.3, 0.4) is 0 Å². The first-order valence-electron chi connectivity index (χ1n) is 12.5. The second kappa shape index (κ2) is 10.1. The molecule has 5 rings (SSSR count). The number of hydrogen-bond acceptors (Lipinski definition) is 6. The van der Waals surface area contributed by atoms with Crippen molar-refractivity contribution in [3.8, 4) is 0 Å². The van der Waals surface area contributed by atoms with Crippen LogP contribution in [0, 0.1) is 0 Å². The number of nitrogens with zero attached hydrogens (tertiary/aromatic N) is 5. The van der Waals surface area contributed by atoms with Crippen molar-refractivity contribution in [2.24, 2.45) is 0 Å². The molecule has 192 valence electrons. The average Bonchev–Trinajstić information content (AvgIpc) is 3.47. The largest absolute Gasteiger partial charge is 0.444 e. The number of rotatable bonds is 6.